The molecule has 0 saturated heterocycles. The van der Waals surface area contributed by atoms with E-state index in [1.54, 1.807) is 0 Å². The van der Waals surface area contributed by atoms with Gasteiger partial charge in [0, 0.05) is 11.4 Å². The fourth-order valence-corrected chi connectivity index (χ4v) is 3.28. The van der Waals surface area contributed by atoms with E-state index in [4.69, 9.17) is 0 Å². The van der Waals surface area contributed by atoms with Gasteiger partial charge in [-0.05, 0) is 38.0 Å². The summed E-state index contributed by atoms with van der Waals surface area (Å²) in [5.41, 5.74) is 4.62. The molecule has 3 aromatic rings. The summed E-state index contributed by atoms with van der Waals surface area (Å²) in [5, 5.41) is 1.18. The molecule has 0 unspecified atom stereocenters. The third kappa shape index (κ3) is 3.04. The molecule has 3 rings (SSSR count). The second-order valence-corrected chi connectivity index (χ2v) is 6.39. The lowest BCUT2D eigenvalue weighted by atomic mass is 10.2. The van der Waals surface area contributed by atoms with Gasteiger partial charge >= 0.3 is 0 Å². The Morgan fingerprint density at radius 3 is 2.73 bits per heavy atom. The molecule has 0 saturated carbocycles. The van der Waals surface area contributed by atoms with Gasteiger partial charge in [0.15, 0.2) is 10.8 Å². The minimum atomic E-state index is -0.123. The van der Waals surface area contributed by atoms with Crippen LogP contribution in [0, 0.1) is 20.8 Å². The second-order valence-electron chi connectivity index (χ2n) is 5.43. The number of pyridine rings is 1. The van der Waals surface area contributed by atoms with Crippen molar-refractivity contribution in [2.45, 2.75) is 31.7 Å². The highest BCUT2D eigenvalue weighted by Gasteiger charge is 2.09. The van der Waals surface area contributed by atoms with E-state index < -0.39 is 0 Å². The third-order valence-corrected chi connectivity index (χ3v) is 4.38. The predicted molar refractivity (Wildman–Crippen MR) is 90.4 cm³/mol. The topological polar surface area (TPSA) is 58.6 Å². The Bertz CT molecular complexity index is 902. The van der Waals surface area contributed by atoms with E-state index in [1.165, 1.54) is 22.9 Å². The summed E-state index contributed by atoms with van der Waals surface area (Å²) >= 11 is 1.52. The van der Waals surface area contributed by atoms with Crippen LogP contribution < -0.4 is 5.56 Å². The number of nitrogens with zero attached hydrogens (tertiary/aromatic N) is 2. The summed E-state index contributed by atoms with van der Waals surface area (Å²) < 4.78 is 0. The average molecular weight is 311 g/mol. The molecule has 0 fully saturated rings. The number of aromatic nitrogens is 3. The van der Waals surface area contributed by atoms with Gasteiger partial charge in [-0.3, -0.25) is 4.79 Å². The van der Waals surface area contributed by atoms with E-state index in [0.29, 0.717) is 16.2 Å². The van der Waals surface area contributed by atoms with Crippen LogP contribution in [-0.4, -0.2) is 15.0 Å². The van der Waals surface area contributed by atoms with E-state index in [9.17, 15) is 4.79 Å². The number of aromatic amines is 1. The first-order chi connectivity index (χ1) is 10.5. The molecule has 2 heterocycles. The molecule has 1 N–H and O–H groups in total. The number of aryl methyl sites for hydroxylation is 3. The summed E-state index contributed by atoms with van der Waals surface area (Å²) in [7, 11) is 0. The maximum absolute atomic E-state index is 12.2. The van der Waals surface area contributed by atoms with E-state index >= 15 is 0 Å². The van der Waals surface area contributed by atoms with Crippen molar-refractivity contribution in [3.05, 3.63) is 63.1 Å². The molecule has 22 heavy (non-hydrogen) atoms. The highest BCUT2D eigenvalue weighted by atomic mass is 32.2. The maximum atomic E-state index is 12.2. The quantitative estimate of drug-likeness (QED) is 0.594. The Balaban J connectivity index is 1.93. The van der Waals surface area contributed by atoms with Crippen LogP contribution in [0.1, 0.15) is 22.4 Å². The van der Waals surface area contributed by atoms with Crippen molar-refractivity contribution in [2.24, 2.45) is 0 Å². The minimum absolute atomic E-state index is 0.123. The predicted octanol–water partition coefficient (Wildman–Crippen LogP) is 3.54. The van der Waals surface area contributed by atoms with Crippen molar-refractivity contribution in [2.75, 3.05) is 0 Å². The molecule has 0 aliphatic carbocycles. The van der Waals surface area contributed by atoms with Gasteiger partial charge in [0.05, 0.1) is 5.39 Å². The molecular weight excluding hydrogens is 294 g/mol. The standard InChI is InChI=1S/C17H17N3OS/c1-10-5-4-6-13(7-10)9-22-17-19-15-14(16(21)20-17)11(2)8-12(3)18-15/h4-8H,9H2,1-3H3,(H,18,19,20,21). The normalized spacial score (nSPS) is 11.0. The Hall–Kier alpha value is -2.14. The van der Waals surface area contributed by atoms with Gasteiger partial charge in [-0.15, -0.1) is 0 Å². The summed E-state index contributed by atoms with van der Waals surface area (Å²) in [6, 6.07) is 10.2. The first-order valence-electron chi connectivity index (χ1n) is 7.09. The van der Waals surface area contributed by atoms with Gasteiger partial charge < -0.3 is 4.98 Å². The molecule has 0 amide bonds. The van der Waals surface area contributed by atoms with Crippen LogP contribution in [0.5, 0.6) is 0 Å². The monoisotopic (exact) mass is 311 g/mol. The summed E-state index contributed by atoms with van der Waals surface area (Å²) in [4.78, 5) is 24.0. The van der Waals surface area contributed by atoms with E-state index in [1.807, 2.05) is 26.0 Å². The number of nitrogens with one attached hydrogen (secondary N) is 1. The van der Waals surface area contributed by atoms with Crippen LogP contribution >= 0.6 is 11.8 Å². The van der Waals surface area contributed by atoms with Gasteiger partial charge in [0.25, 0.3) is 5.56 Å². The Labute approximate surface area is 133 Å². The number of H-pyrrole nitrogens is 1. The molecule has 4 nitrogen and oxygen atoms in total. The van der Waals surface area contributed by atoms with Crippen LogP contribution in [0.3, 0.4) is 0 Å². The van der Waals surface area contributed by atoms with Gasteiger partial charge in [-0.25, -0.2) is 9.97 Å². The zero-order valence-electron chi connectivity index (χ0n) is 12.8. The fraction of sp³-hybridized carbons (Fsp3) is 0.235. The van der Waals surface area contributed by atoms with Crippen molar-refractivity contribution in [3.63, 3.8) is 0 Å². The first-order valence-corrected chi connectivity index (χ1v) is 8.08. The number of hydrogen-bond donors (Lipinski definition) is 1. The van der Waals surface area contributed by atoms with E-state index in [-0.39, 0.29) is 5.56 Å². The molecule has 2 aromatic heterocycles. The zero-order valence-corrected chi connectivity index (χ0v) is 13.6. The van der Waals surface area contributed by atoms with Gasteiger partial charge in [0.1, 0.15) is 0 Å². The van der Waals surface area contributed by atoms with E-state index in [2.05, 4.69) is 40.1 Å². The number of fused-ring (bicyclic) bond motifs is 1. The third-order valence-electron chi connectivity index (χ3n) is 3.44. The summed E-state index contributed by atoms with van der Waals surface area (Å²) in [6.07, 6.45) is 0. The van der Waals surface area contributed by atoms with Crippen LogP contribution in [0.4, 0.5) is 0 Å². The summed E-state index contributed by atoms with van der Waals surface area (Å²) in [6.45, 7) is 5.89. The molecule has 0 spiro atoms. The number of rotatable bonds is 3. The molecule has 5 heteroatoms. The largest absolute Gasteiger partial charge is 0.301 e. The van der Waals surface area contributed by atoms with Gasteiger partial charge in [-0.2, -0.15) is 0 Å². The number of benzene rings is 1. The van der Waals surface area contributed by atoms with Gasteiger partial charge in [-0.1, -0.05) is 41.6 Å². The lowest BCUT2D eigenvalue weighted by molar-refractivity contribution is 0.954. The van der Waals surface area contributed by atoms with Crippen molar-refractivity contribution in [3.8, 4) is 0 Å². The van der Waals surface area contributed by atoms with Crippen molar-refractivity contribution in [1.82, 2.24) is 15.0 Å². The molecule has 0 bridgehead atoms. The molecule has 0 aliphatic rings. The molecular formula is C17H17N3OS. The smallest absolute Gasteiger partial charge is 0.261 e. The Morgan fingerprint density at radius 2 is 1.95 bits per heavy atom. The molecule has 0 atom stereocenters. The maximum Gasteiger partial charge on any atom is 0.261 e. The SMILES string of the molecule is Cc1cccc(CSc2nc3nc(C)cc(C)c3c(=O)[nH]2)c1. The highest BCUT2D eigenvalue weighted by Crippen LogP contribution is 2.21. The fourth-order valence-electron chi connectivity index (χ4n) is 2.48. The molecule has 112 valence electrons. The average Bonchev–Trinajstić information content (AvgIpc) is 2.44. The van der Waals surface area contributed by atoms with E-state index in [0.717, 1.165) is 17.0 Å². The number of thioether (sulfide) groups is 1. The van der Waals surface area contributed by atoms with Crippen LogP contribution in [0.2, 0.25) is 0 Å². The lowest BCUT2D eigenvalue weighted by Gasteiger charge is -2.06. The Kier molecular flexibility index (Phi) is 3.98. The zero-order chi connectivity index (χ0) is 15.7. The summed E-state index contributed by atoms with van der Waals surface area (Å²) in [5.74, 6) is 0.765. The molecule has 1 aromatic carbocycles. The first kappa shape index (κ1) is 14.8. The molecule has 0 radical (unpaired) electrons. The highest BCUT2D eigenvalue weighted by molar-refractivity contribution is 7.98. The van der Waals surface area contributed by atoms with Gasteiger partial charge in [0.2, 0.25) is 0 Å². The Morgan fingerprint density at radius 1 is 1.14 bits per heavy atom. The minimum Gasteiger partial charge on any atom is -0.301 e. The molecule has 0 aliphatic heterocycles. The lowest BCUT2D eigenvalue weighted by Crippen LogP contribution is -2.12. The van der Waals surface area contributed by atoms with Crippen molar-refractivity contribution >= 4 is 22.8 Å². The number of hydrogen-bond acceptors (Lipinski definition) is 4. The second kappa shape index (κ2) is 5.93. The van der Waals surface area contributed by atoms with Crippen molar-refractivity contribution < 1.29 is 0 Å². The van der Waals surface area contributed by atoms with Crippen LogP contribution in [0.15, 0.2) is 40.3 Å². The van der Waals surface area contributed by atoms with Crippen LogP contribution in [-0.2, 0) is 5.75 Å². The van der Waals surface area contributed by atoms with Crippen molar-refractivity contribution in [1.29, 1.82) is 0 Å². The van der Waals surface area contributed by atoms with Crippen LogP contribution in [0.25, 0.3) is 11.0 Å².